The monoisotopic (exact) mass is 402 g/mol. The normalized spacial score (nSPS) is 18.0. The third-order valence-corrected chi connectivity index (χ3v) is 5.84. The summed E-state index contributed by atoms with van der Waals surface area (Å²) >= 11 is 0. The van der Waals surface area contributed by atoms with Crippen LogP contribution in [0.25, 0.3) is 0 Å². The quantitative estimate of drug-likeness (QED) is 0.683. The van der Waals surface area contributed by atoms with Gasteiger partial charge in [-0.05, 0) is 80.7 Å². The van der Waals surface area contributed by atoms with Crippen LogP contribution in [0.2, 0.25) is 0 Å². The SMILES string of the molecule is Cc1cc2c(cc1C)NC1(CCNCC1)C(NCc1cccc(C(F)(F)F)c1)=N2. The maximum Gasteiger partial charge on any atom is 0.416 e. The fraction of sp³-hybridized carbons (Fsp3) is 0.409. The van der Waals surface area contributed by atoms with E-state index in [1.54, 1.807) is 6.07 Å². The van der Waals surface area contributed by atoms with Crippen molar-refractivity contribution in [3.63, 3.8) is 0 Å². The van der Waals surface area contributed by atoms with E-state index in [4.69, 9.17) is 4.99 Å². The van der Waals surface area contributed by atoms with Crippen LogP contribution >= 0.6 is 0 Å². The first-order chi connectivity index (χ1) is 13.8. The van der Waals surface area contributed by atoms with Gasteiger partial charge in [0.25, 0.3) is 0 Å². The first kappa shape index (κ1) is 19.8. The Hall–Kier alpha value is -2.54. The summed E-state index contributed by atoms with van der Waals surface area (Å²) < 4.78 is 39.1. The molecule has 2 aliphatic heterocycles. The van der Waals surface area contributed by atoms with Crippen LogP contribution in [-0.2, 0) is 12.7 Å². The molecule has 4 nitrogen and oxygen atoms in total. The van der Waals surface area contributed by atoms with Crippen LogP contribution in [0.5, 0.6) is 0 Å². The van der Waals surface area contributed by atoms with Crippen molar-refractivity contribution in [3.05, 3.63) is 58.7 Å². The molecule has 0 aromatic heterocycles. The van der Waals surface area contributed by atoms with E-state index >= 15 is 0 Å². The second-order valence-electron chi connectivity index (χ2n) is 7.92. The zero-order valence-electron chi connectivity index (χ0n) is 16.6. The van der Waals surface area contributed by atoms with Gasteiger partial charge in [-0.2, -0.15) is 13.2 Å². The van der Waals surface area contributed by atoms with Gasteiger partial charge in [0.05, 0.1) is 22.5 Å². The standard InChI is InChI=1S/C22H25F3N4/c1-14-10-18-19(11-15(14)2)29-21(6-8-26-9-7-21)20(28-18)27-13-16-4-3-5-17(12-16)22(23,24)25/h3-5,10-12,26,29H,6-9,13H2,1-2H3,(H,27,28). The predicted octanol–water partition coefficient (Wildman–Crippen LogP) is 4.69. The van der Waals surface area contributed by atoms with E-state index < -0.39 is 11.7 Å². The molecule has 2 aliphatic rings. The Morgan fingerprint density at radius 1 is 1.07 bits per heavy atom. The van der Waals surface area contributed by atoms with Gasteiger partial charge in [-0.3, -0.25) is 0 Å². The predicted molar refractivity (Wildman–Crippen MR) is 110 cm³/mol. The molecule has 1 spiro atoms. The van der Waals surface area contributed by atoms with E-state index in [0.717, 1.165) is 54.8 Å². The molecule has 0 radical (unpaired) electrons. The van der Waals surface area contributed by atoms with Crippen LogP contribution in [0.3, 0.4) is 0 Å². The van der Waals surface area contributed by atoms with Crippen molar-refractivity contribution < 1.29 is 13.2 Å². The van der Waals surface area contributed by atoms with E-state index in [2.05, 4.69) is 41.9 Å². The fourth-order valence-electron chi connectivity index (χ4n) is 4.01. The summed E-state index contributed by atoms with van der Waals surface area (Å²) in [6, 6.07) is 9.62. The molecule has 1 fully saturated rings. The first-order valence-corrected chi connectivity index (χ1v) is 9.86. The number of hydrogen-bond acceptors (Lipinski definition) is 4. The Labute approximate surface area is 168 Å². The van der Waals surface area contributed by atoms with Gasteiger partial charge in [0.2, 0.25) is 0 Å². The number of fused-ring (bicyclic) bond motifs is 1. The number of aryl methyl sites for hydroxylation is 2. The molecule has 1 saturated heterocycles. The number of nitrogens with zero attached hydrogens (tertiary/aromatic N) is 1. The zero-order valence-corrected chi connectivity index (χ0v) is 16.6. The molecule has 2 heterocycles. The van der Waals surface area contributed by atoms with Crippen LogP contribution in [0.4, 0.5) is 24.5 Å². The average Bonchev–Trinajstić information content (AvgIpc) is 2.68. The van der Waals surface area contributed by atoms with Crippen LogP contribution in [0.15, 0.2) is 41.4 Å². The number of piperidine rings is 1. The summed E-state index contributed by atoms with van der Waals surface area (Å²) in [5, 5.41) is 10.4. The number of hydrogen-bond donors (Lipinski definition) is 3. The van der Waals surface area contributed by atoms with Gasteiger partial charge in [-0.25, -0.2) is 4.99 Å². The maximum absolute atomic E-state index is 13.0. The molecule has 2 aromatic rings. The number of nitrogens with one attached hydrogen (secondary N) is 3. The molecule has 0 unspecified atom stereocenters. The molecule has 0 amide bonds. The zero-order chi connectivity index (χ0) is 20.6. The molecule has 0 aliphatic carbocycles. The fourth-order valence-corrected chi connectivity index (χ4v) is 4.01. The van der Waals surface area contributed by atoms with Gasteiger partial charge in [-0.1, -0.05) is 12.1 Å². The van der Waals surface area contributed by atoms with Crippen molar-refractivity contribution in [2.45, 2.75) is 44.9 Å². The number of amidine groups is 1. The minimum atomic E-state index is -4.34. The van der Waals surface area contributed by atoms with Crippen molar-refractivity contribution in [3.8, 4) is 0 Å². The number of alkyl halides is 3. The van der Waals surface area contributed by atoms with Crippen molar-refractivity contribution in [1.82, 2.24) is 10.6 Å². The van der Waals surface area contributed by atoms with E-state index in [1.165, 1.54) is 17.7 Å². The largest absolute Gasteiger partial charge is 0.416 e. The molecule has 0 atom stereocenters. The molecule has 2 aromatic carbocycles. The number of benzene rings is 2. The summed E-state index contributed by atoms with van der Waals surface area (Å²) in [5.74, 6) is 0.798. The van der Waals surface area contributed by atoms with Gasteiger partial charge in [0.15, 0.2) is 0 Å². The second kappa shape index (κ2) is 7.37. The van der Waals surface area contributed by atoms with E-state index in [9.17, 15) is 13.2 Å². The number of rotatable bonds is 2. The third-order valence-electron chi connectivity index (χ3n) is 5.84. The molecule has 7 heteroatoms. The minimum Gasteiger partial charge on any atom is -0.371 e. The molecule has 154 valence electrons. The number of halogens is 3. The lowest BCUT2D eigenvalue weighted by atomic mass is 9.84. The minimum absolute atomic E-state index is 0.291. The molecule has 3 N–H and O–H groups in total. The van der Waals surface area contributed by atoms with Gasteiger partial charge in [0.1, 0.15) is 5.84 Å². The lowest BCUT2D eigenvalue weighted by Gasteiger charge is -2.43. The number of aliphatic imine (C=N–C) groups is 1. The van der Waals surface area contributed by atoms with E-state index in [-0.39, 0.29) is 5.54 Å². The van der Waals surface area contributed by atoms with Crippen LogP contribution in [0, 0.1) is 13.8 Å². The van der Waals surface area contributed by atoms with Gasteiger partial charge < -0.3 is 16.0 Å². The van der Waals surface area contributed by atoms with Crippen molar-refractivity contribution >= 4 is 17.2 Å². The summed E-state index contributed by atoms with van der Waals surface area (Å²) in [5.41, 5.74) is 3.86. The van der Waals surface area contributed by atoms with Crippen molar-refractivity contribution in [2.24, 2.45) is 4.99 Å². The highest BCUT2D eigenvalue weighted by atomic mass is 19.4. The highest BCUT2D eigenvalue weighted by Gasteiger charge is 2.40. The molecule has 0 bridgehead atoms. The lowest BCUT2D eigenvalue weighted by molar-refractivity contribution is -0.137. The van der Waals surface area contributed by atoms with Crippen molar-refractivity contribution in [1.29, 1.82) is 0 Å². The van der Waals surface area contributed by atoms with Crippen LogP contribution in [-0.4, -0.2) is 24.5 Å². The molecule has 29 heavy (non-hydrogen) atoms. The van der Waals surface area contributed by atoms with Crippen LogP contribution < -0.4 is 16.0 Å². The molecular weight excluding hydrogens is 377 g/mol. The Morgan fingerprint density at radius 3 is 2.52 bits per heavy atom. The van der Waals surface area contributed by atoms with Crippen molar-refractivity contribution in [2.75, 3.05) is 18.4 Å². The molecule has 0 saturated carbocycles. The Morgan fingerprint density at radius 2 is 1.79 bits per heavy atom. The smallest absolute Gasteiger partial charge is 0.371 e. The van der Waals surface area contributed by atoms with Gasteiger partial charge in [0, 0.05) is 6.54 Å². The average molecular weight is 402 g/mol. The van der Waals surface area contributed by atoms with E-state index in [1.807, 2.05) is 0 Å². The summed E-state index contributed by atoms with van der Waals surface area (Å²) in [7, 11) is 0. The second-order valence-corrected chi connectivity index (χ2v) is 7.92. The highest BCUT2D eigenvalue weighted by molar-refractivity contribution is 6.00. The summed E-state index contributed by atoms with van der Waals surface area (Å²) in [4.78, 5) is 4.90. The Bertz CT molecular complexity index is 944. The third kappa shape index (κ3) is 3.96. The molecule has 4 rings (SSSR count). The van der Waals surface area contributed by atoms with Gasteiger partial charge in [-0.15, -0.1) is 0 Å². The highest BCUT2D eigenvalue weighted by Crippen LogP contribution is 2.38. The van der Waals surface area contributed by atoms with Crippen LogP contribution in [0.1, 0.15) is 35.1 Å². The summed E-state index contributed by atoms with van der Waals surface area (Å²) in [6.45, 7) is 6.14. The maximum atomic E-state index is 13.0. The first-order valence-electron chi connectivity index (χ1n) is 9.86. The lowest BCUT2D eigenvalue weighted by Crippen LogP contribution is -2.58. The Kier molecular flexibility index (Phi) is 5.02. The van der Waals surface area contributed by atoms with E-state index in [0.29, 0.717) is 12.1 Å². The topological polar surface area (TPSA) is 48.4 Å². The summed E-state index contributed by atoms with van der Waals surface area (Å²) in [6.07, 6.45) is -2.63. The number of anilines is 1. The molecular formula is C22H25F3N4. The Balaban J connectivity index is 1.64. The van der Waals surface area contributed by atoms with Gasteiger partial charge >= 0.3 is 6.18 Å².